The van der Waals surface area contributed by atoms with Gasteiger partial charge in [-0.25, -0.2) is 12.2 Å². The predicted molar refractivity (Wildman–Crippen MR) is 74.2 cm³/mol. The molecule has 0 radical (unpaired) electrons. The molecule has 5 heteroatoms. The van der Waals surface area contributed by atoms with E-state index in [4.69, 9.17) is 14.4 Å². The van der Waals surface area contributed by atoms with Crippen molar-refractivity contribution in [2.24, 2.45) is 0 Å². The fourth-order valence-corrected chi connectivity index (χ4v) is 0.846. The average molecular weight is 316 g/mol. The standard InChI is InChI=1S/C7H5O.C5H5.3CH2O.Fe/c8-6-7-4-2-1-3-5-7;1-2-4-5-3-1;3*1-2;/h1-5H;1-3H,4H2;3*1H2;/q2*-1;;;;+2. The Bertz CT molecular complexity index is 335. The van der Waals surface area contributed by atoms with E-state index in [1.54, 1.807) is 30.6 Å². The summed E-state index contributed by atoms with van der Waals surface area (Å²) in [5.41, 5.74) is 0.604. The van der Waals surface area contributed by atoms with Gasteiger partial charge in [-0.15, -0.1) is 18.6 Å². The van der Waals surface area contributed by atoms with Gasteiger partial charge >= 0.3 is 17.1 Å². The van der Waals surface area contributed by atoms with E-state index in [0.29, 0.717) is 5.56 Å². The molecule has 4 nitrogen and oxygen atoms in total. The van der Waals surface area contributed by atoms with Crippen LogP contribution >= 0.6 is 0 Å². The maximum atomic E-state index is 9.88. The third kappa shape index (κ3) is 21.2. The fourth-order valence-electron chi connectivity index (χ4n) is 0.846. The molecule has 1 aromatic carbocycles. The number of rotatable bonds is 1. The maximum absolute atomic E-state index is 9.88. The molecule has 108 valence electrons. The first-order valence-corrected chi connectivity index (χ1v) is 4.95. The first-order valence-electron chi connectivity index (χ1n) is 4.95. The zero-order valence-corrected chi connectivity index (χ0v) is 12.0. The van der Waals surface area contributed by atoms with E-state index in [0.717, 1.165) is 6.42 Å². The molecule has 20 heavy (non-hydrogen) atoms. The molecular weight excluding hydrogens is 300 g/mol. The maximum Gasteiger partial charge on any atom is 2.00 e. The van der Waals surface area contributed by atoms with Crippen LogP contribution in [0.25, 0.3) is 0 Å². The van der Waals surface area contributed by atoms with Gasteiger partial charge < -0.3 is 19.2 Å². The van der Waals surface area contributed by atoms with E-state index in [2.05, 4.69) is 12.2 Å². The van der Waals surface area contributed by atoms with Crippen LogP contribution in [0.3, 0.4) is 0 Å². The van der Waals surface area contributed by atoms with Gasteiger partial charge in [0.15, 0.2) is 0 Å². The van der Waals surface area contributed by atoms with Crippen molar-refractivity contribution in [3.63, 3.8) is 0 Å². The summed E-state index contributed by atoms with van der Waals surface area (Å²) < 4.78 is 0. The molecular formula is C15H16FeO4. The average Bonchev–Trinajstić information content (AvgIpc) is 3.14. The van der Waals surface area contributed by atoms with Crippen LogP contribution in [0.15, 0.2) is 48.6 Å². The Morgan fingerprint density at radius 3 is 1.65 bits per heavy atom. The second kappa shape index (κ2) is 30.2. The Balaban J connectivity index is -0.0000000933. The van der Waals surface area contributed by atoms with E-state index < -0.39 is 0 Å². The summed E-state index contributed by atoms with van der Waals surface area (Å²) in [6.45, 7) is 6.00. The normalized spacial score (nSPS) is 8.40. The molecule has 0 saturated heterocycles. The SMILES string of the molecule is C=O.C=O.C=O.O=[C-]c1ccccc1.[C-]1=CC=CC1.[Fe+2]. The molecule has 1 aliphatic rings. The minimum atomic E-state index is 0. The van der Waals surface area contributed by atoms with E-state index >= 15 is 0 Å². The molecule has 0 amide bonds. The summed E-state index contributed by atoms with van der Waals surface area (Å²) in [7, 11) is 0. The Kier molecular flexibility index (Phi) is 39.9. The summed E-state index contributed by atoms with van der Waals surface area (Å²) in [5, 5.41) is 0. The molecule has 0 N–H and O–H groups in total. The molecule has 0 saturated carbocycles. The van der Waals surface area contributed by atoms with Crippen molar-refractivity contribution in [1.82, 2.24) is 0 Å². The first kappa shape index (κ1) is 26.5. The zero-order chi connectivity index (χ0) is 15.4. The molecule has 1 aliphatic carbocycles. The third-order valence-electron chi connectivity index (χ3n) is 1.48. The summed E-state index contributed by atoms with van der Waals surface area (Å²) >= 11 is 0. The summed E-state index contributed by atoms with van der Waals surface area (Å²) in [6, 6.07) is 8.90. The van der Waals surface area contributed by atoms with Gasteiger partial charge in [-0.1, -0.05) is 6.07 Å². The summed E-state index contributed by atoms with van der Waals surface area (Å²) in [5.74, 6) is 0. The minimum Gasteiger partial charge on any atom is -0.376 e. The van der Waals surface area contributed by atoms with Crippen LogP contribution < -0.4 is 0 Å². The number of carbonyl (C=O) groups excluding carboxylic acids is 4. The van der Waals surface area contributed by atoms with Gasteiger partial charge in [0.1, 0.15) is 20.4 Å². The Morgan fingerprint density at radius 1 is 0.950 bits per heavy atom. The Morgan fingerprint density at radius 2 is 1.45 bits per heavy atom. The molecule has 0 atom stereocenters. The predicted octanol–water partition coefficient (Wildman–Crippen LogP) is 1.89. The van der Waals surface area contributed by atoms with Crippen LogP contribution in [0.1, 0.15) is 12.0 Å². The zero-order valence-electron chi connectivity index (χ0n) is 10.9. The fraction of sp³-hybridized carbons (Fsp3) is 0.0667. The Hall–Kier alpha value is -2.10. The van der Waals surface area contributed by atoms with Crippen LogP contribution in [0.2, 0.25) is 0 Å². The number of allylic oxidation sites excluding steroid dienone is 4. The Labute approximate surface area is 130 Å². The summed E-state index contributed by atoms with van der Waals surface area (Å²) in [6.07, 6.45) is 11.8. The minimum absolute atomic E-state index is 0. The van der Waals surface area contributed by atoms with Crippen molar-refractivity contribution in [3.05, 3.63) is 60.2 Å². The number of benzene rings is 1. The molecule has 0 aliphatic heterocycles. The van der Waals surface area contributed by atoms with Crippen molar-refractivity contribution in [2.75, 3.05) is 0 Å². The third-order valence-corrected chi connectivity index (χ3v) is 1.48. The van der Waals surface area contributed by atoms with Crippen molar-refractivity contribution in [1.29, 1.82) is 0 Å². The molecule has 2 rings (SSSR count). The van der Waals surface area contributed by atoms with Gasteiger partial charge in [0.25, 0.3) is 0 Å². The van der Waals surface area contributed by atoms with Crippen LogP contribution in [0, 0.1) is 6.08 Å². The van der Waals surface area contributed by atoms with Gasteiger partial charge in [0.2, 0.25) is 0 Å². The largest absolute Gasteiger partial charge is 2.00 e. The van der Waals surface area contributed by atoms with Crippen molar-refractivity contribution >= 4 is 26.7 Å². The number of hydrogen-bond acceptors (Lipinski definition) is 4. The van der Waals surface area contributed by atoms with E-state index in [1.807, 2.05) is 38.6 Å². The van der Waals surface area contributed by atoms with E-state index in [1.165, 1.54) is 0 Å². The quantitative estimate of drug-likeness (QED) is 0.586. The van der Waals surface area contributed by atoms with Crippen molar-refractivity contribution in [2.45, 2.75) is 6.42 Å². The molecule has 0 bridgehead atoms. The molecule has 0 aromatic heterocycles. The van der Waals surface area contributed by atoms with Crippen LogP contribution in [-0.4, -0.2) is 26.7 Å². The van der Waals surface area contributed by atoms with Crippen LogP contribution in [0.4, 0.5) is 0 Å². The van der Waals surface area contributed by atoms with E-state index in [-0.39, 0.29) is 17.1 Å². The number of hydrogen-bond donors (Lipinski definition) is 0. The first-order chi connectivity index (χ1) is 9.43. The topological polar surface area (TPSA) is 68.3 Å². The molecule has 0 spiro atoms. The molecule has 1 aromatic rings. The number of carbonyl (C=O) groups is 3. The van der Waals surface area contributed by atoms with Crippen molar-refractivity contribution in [3.8, 4) is 0 Å². The van der Waals surface area contributed by atoms with Gasteiger partial charge in [-0.05, 0) is 0 Å². The second-order valence-electron chi connectivity index (χ2n) is 2.47. The molecule has 0 unspecified atom stereocenters. The smallest absolute Gasteiger partial charge is 0.376 e. The summed E-state index contributed by atoms with van der Waals surface area (Å²) in [4.78, 5) is 33.9. The van der Waals surface area contributed by atoms with Gasteiger partial charge in [-0.3, -0.25) is 6.08 Å². The van der Waals surface area contributed by atoms with Gasteiger partial charge in [-0.2, -0.15) is 23.8 Å². The van der Waals surface area contributed by atoms with Crippen LogP contribution in [0.5, 0.6) is 0 Å². The van der Waals surface area contributed by atoms with Gasteiger partial charge in [0.05, 0.1) is 6.29 Å². The second-order valence-corrected chi connectivity index (χ2v) is 2.47. The molecule has 0 fully saturated rings. The molecule has 0 heterocycles. The van der Waals surface area contributed by atoms with Gasteiger partial charge in [0, 0.05) is 0 Å². The van der Waals surface area contributed by atoms with E-state index in [9.17, 15) is 4.79 Å². The monoisotopic (exact) mass is 316 g/mol. The van der Waals surface area contributed by atoms with Crippen molar-refractivity contribution < 1.29 is 36.2 Å². The van der Waals surface area contributed by atoms with Crippen LogP contribution in [-0.2, 0) is 36.2 Å².